The number of carbonyl (C=O) groups is 1. The van der Waals surface area contributed by atoms with Crippen LogP contribution in [0.2, 0.25) is 5.02 Å². The molecule has 0 fully saturated rings. The van der Waals surface area contributed by atoms with Crippen LogP contribution >= 0.6 is 11.6 Å². The quantitative estimate of drug-likeness (QED) is 0.451. The van der Waals surface area contributed by atoms with E-state index in [2.05, 4.69) is 0 Å². The molecule has 174 valence electrons. The van der Waals surface area contributed by atoms with E-state index in [-0.39, 0.29) is 22.2 Å². The SMILES string of the molecule is COc1ccc(N(CC(=O)N(C)Cc2ccccc2OC)S(=O)(=O)c2ccccc2)cc1Cl. The number of halogens is 1. The predicted molar refractivity (Wildman–Crippen MR) is 128 cm³/mol. The lowest BCUT2D eigenvalue weighted by Gasteiger charge is -2.27. The molecule has 0 unspecified atom stereocenters. The van der Waals surface area contributed by atoms with Gasteiger partial charge in [0.25, 0.3) is 10.0 Å². The molecule has 0 saturated heterocycles. The molecule has 3 aromatic rings. The molecule has 0 aromatic heterocycles. The van der Waals surface area contributed by atoms with Crippen LogP contribution in [0.15, 0.2) is 77.7 Å². The third kappa shape index (κ3) is 5.58. The molecule has 7 nitrogen and oxygen atoms in total. The van der Waals surface area contributed by atoms with Gasteiger partial charge in [-0.1, -0.05) is 48.0 Å². The van der Waals surface area contributed by atoms with E-state index in [4.69, 9.17) is 21.1 Å². The molecule has 0 spiro atoms. The molecule has 0 saturated carbocycles. The van der Waals surface area contributed by atoms with Crippen molar-refractivity contribution in [1.29, 1.82) is 0 Å². The van der Waals surface area contributed by atoms with Gasteiger partial charge in [0, 0.05) is 19.2 Å². The summed E-state index contributed by atoms with van der Waals surface area (Å²) in [6.07, 6.45) is 0. The number of sulfonamides is 1. The third-order valence-electron chi connectivity index (χ3n) is 5.06. The highest BCUT2D eigenvalue weighted by atomic mass is 35.5. The number of ether oxygens (including phenoxy) is 2. The van der Waals surface area contributed by atoms with E-state index in [0.29, 0.717) is 11.5 Å². The molecule has 0 aliphatic heterocycles. The highest BCUT2D eigenvalue weighted by molar-refractivity contribution is 7.92. The van der Waals surface area contributed by atoms with Crippen LogP contribution in [0.5, 0.6) is 11.5 Å². The summed E-state index contributed by atoms with van der Waals surface area (Å²) in [5, 5.41) is 0.234. The average Bonchev–Trinajstić information content (AvgIpc) is 2.83. The summed E-state index contributed by atoms with van der Waals surface area (Å²) < 4.78 is 38.5. The second-order valence-electron chi connectivity index (χ2n) is 7.21. The number of carbonyl (C=O) groups excluding carboxylic acids is 1. The van der Waals surface area contributed by atoms with E-state index in [1.165, 1.54) is 30.2 Å². The third-order valence-corrected chi connectivity index (χ3v) is 7.14. The summed E-state index contributed by atoms with van der Waals surface area (Å²) in [5.41, 5.74) is 1.06. The van der Waals surface area contributed by atoms with Crippen molar-refractivity contribution in [2.45, 2.75) is 11.4 Å². The number of methoxy groups -OCH3 is 2. The number of hydrogen-bond acceptors (Lipinski definition) is 5. The van der Waals surface area contributed by atoms with Crippen LogP contribution in [0.4, 0.5) is 5.69 Å². The van der Waals surface area contributed by atoms with Gasteiger partial charge in [0.15, 0.2) is 0 Å². The number of nitrogens with zero attached hydrogens (tertiary/aromatic N) is 2. The van der Waals surface area contributed by atoms with E-state index in [9.17, 15) is 13.2 Å². The zero-order chi connectivity index (χ0) is 24.0. The Morgan fingerprint density at radius 3 is 2.18 bits per heavy atom. The Balaban J connectivity index is 1.94. The lowest BCUT2D eigenvalue weighted by Crippen LogP contribution is -2.41. The maximum atomic E-state index is 13.5. The molecule has 3 rings (SSSR count). The Bertz CT molecular complexity index is 1220. The van der Waals surface area contributed by atoms with Crippen molar-refractivity contribution >= 4 is 33.2 Å². The molecule has 0 atom stereocenters. The lowest BCUT2D eigenvalue weighted by molar-refractivity contribution is -0.128. The maximum absolute atomic E-state index is 13.5. The fourth-order valence-corrected chi connectivity index (χ4v) is 4.95. The first-order valence-electron chi connectivity index (χ1n) is 10.0. The molecule has 33 heavy (non-hydrogen) atoms. The fraction of sp³-hybridized carbons (Fsp3) is 0.208. The zero-order valence-electron chi connectivity index (χ0n) is 18.6. The first-order chi connectivity index (χ1) is 15.8. The number of hydrogen-bond donors (Lipinski definition) is 0. The van der Waals surface area contributed by atoms with Gasteiger partial charge in [-0.3, -0.25) is 9.10 Å². The van der Waals surface area contributed by atoms with Crippen LogP contribution in [0.1, 0.15) is 5.56 Å². The Morgan fingerprint density at radius 2 is 1.55 bits per heavy atom. The maximum Gasteiger partial charge on any atom is 0.264 e. The molecule has 9 heteroatoms. The number of rotatable bonds is 9. The molecule has 0 heterocycles. The van der Waals surface area contributed by atoms with Crippen molar-refractivity contribution < 1.29 is 22.7 Å². The van der Waals surface area contributed by atoms with E-state index < -0.39 is 22.5 Å². The van der Waals surface area contributed by atoms with Crippen molar-refractivity contribution in [2.75, 3.05) is 32.1 Å². The minimum Gasteiger partial charge on any atom is -0.496 e. The second-order valence-corrected chi connectivity index (χ2v) is 9.47. The van der Waals surface area contributed by atoms with Gasteiger partial charge in [-0.15, -0.1) is 0 Å². The summed E-state index contributed by atoms with van der Waals surface area (Å²) in [4.78, 5) is 14.7. The van der Waals surface area contributed by atoms with Gasteiger partial charge in [0.1, 0.15) is 18.0 Å². The normalized spacial score (nSPS) is 11.0. The Morgan fingerprint density at radius 1 is 0.909 bits per heavy atom. The van der Waals surface area contributed by atoms with Crippen molar-refractivity contribution in [1.82, 2.24) is 4.90 Å². The van der Waals surface area contributed by atoms with Gasteiger partial charge in [-0.25, -0.2) is 8.42 Å². The smallest absolute Gasteiger partial charge is 0.264 e. The van der Waals surface area contributed by atoms with Gasteiger partial charge >= 0.3 is 0 Å². The molecule has 0 bridgehead atoms. The largest absolute Gasteiger partial charge is 0.496 e. The van der Waals surface area contributed by atoms with Crippen molar-refractivity contribution in [3.05, 3.63) is 83.4 Å². The van der Waals surface area contributed by atoms with E-state index in [1.807, 2.05) is 18.2 Å². The minimum absolute atomic E-state index is 0.0668. The molecule has 0 radical (unpaired) electrons. The number of anilines is 1. The predicted octanol–water partition coefficient (Wildman–Crippen LogP) is 4.21. The van der Waals surface area contributed by atoms with Crippen LogP contribution in [0, 0.1) is 0 Å². The van der Waals surface area contributed by atoms with Crippen LogP contribution in [0.3, 0.4) is 0 Å². The van der Waals surface area contributed by atoms with E-state index in [0.717, 1.165) is 9.87 Å². The summed E-state index contributed by atoms with van der Waals surface area (Å²) >= 11 is 6.25. The topological polar surface area (TPSA) is 76.2 Å². The molecule has 0 N–H and O–H groups in total. The average molecular weight is 489 g/mol. The summed E-state index contributed by atoms with van der Waals surface area (Å²) in [6.45, 7) is -0.156. The van der Waals surface area contributed by atoms with Crippen molar-refractivity contribution in [3.8, 4) is 11.5 Å². The van der Waals surface area contributed by atoms with Gasteiger partial charge in [0.05, 0.1) is 29.8 Å². The summed E-state index contributed by atoms with van der Waals surface area (Å²) in [7, 11) is 0.597. The number of para-hydroxylation sites is 1. The summed E-state index contributed by atoms with van der Waals surface area (Å²) in [5.74, 6) is 0.650. The fourth-order valence-electron chi connectivity index (χ4n) is 3.27. The van der Waals surface area contributed by atoms with Crippen LogP contribution < -0.4 is 13.8 Å². The molecule has 1 amide bonds. The first kappa shape index (κ1) is 24.4. The van der Waals surface area contributed by atoms with Gasteiger partial charge in [0.2, 0.25) is 5.91 Å². The molecule has 3 aromatic carbocycles. The van der Waals surface area contributed by atoms with E-state index >= 15 is 0 Å². The van der Waals surface area contributed by atoms with Gasteiger partial charge < -0.3 is 14.4 Å². The monoisotopic (exact) mass is 488 g/mol. The summed E-state index contributed by atoms with van der Waals surface area (Å²) in [6, 6.07) is 19.9. The lowest BCUT2D eigenvalue weighted by atomic mass is 10.2. The highest BCUT2D eigenvalue weighted by Gasteiger charge is 2.29. The van der Waals surface area contributed by atoms with Gasteiger partial charge in [-0.05, 0) is 36.4 Å². The molecule has 0 aliphatic rings. The van der Waals surface area contributed by atoms with Crippen LogP contribution in [-0.2, 0) is 21.4 Å². The number of amides is 1. The van der Waals surface area contributed by atoms with Gasteiger partial charge in [-0.2, -0.15) is 0 Å². The highest BCUT2D eigenvalue weighted by Crippen LogP contribution is 2.32. The second kappa shape index (κ2) is 10.6. The van der Waals surface area contributed by atoms with Crippen LogP contribution in [0.25, 0.3) is 0 Å². The number of likely N-dealkylation sites (N-methyl/N-ethyl adjacent to an activating group) is 1. The Hall–Kier alpha value is -3.23. The van der Waals surface area contributed by atoms with E-state index in [1.54, 1.807) is 50.6 Å². The molecular weight excluding hydrogens is 464 g/mol. The Kier molecular flexibility index (Phi) is 7.84. The number of benzene rings is 3. The zero-order valence-corrected chi connectivity index (χ0v) is 20.1. The standard InChI is InChI=1S/C24H25ClN2O5S/c1-26(16-18-9-7-8-12-22(18)31-2)24(28)17-27(19-13-14-23(32-3)21(25)15-19)33(29,30)20-10-5-4-6-11-20/h4-15H,16-17H2,1-3H3. The van der Waals surface area contributed by atoms with Crippen molar-refractivity contribution in [3.63, 3.8) is 0 Å². The molecular formula is C24H25ClN2O5S. The minimum atomic E-state index is -4.04. The molecule has 0 aliphatic carbocycles. The Labute approximate surface area is 199 Å². The van der Waals surface area contributed by atoms with Crippen LogP contribution in [-0.4, -0.2) is 47.0 Å². The van der Waals surface area contributed by atoms with Crippen molar-refractivity contribution in [2.24, 2.45) is 0 Å². The first-order valence-corrected chi connectivity index (χ1v) is 11.9.